The van der Waals surface area contributed by atoms with Gasteiger partial charge >= 0.3 is 0 Å². The van der Waals surface area contributed by atoms with Crippen LogP contribution in [0.2, 0.25) is 15.1 Å². The van der Waals surface area contributed by atoms with Gasteiger partial charge in [-0.1, -0.05) is 83.3 Å². The second kappa shape index (κ2) is 14.9. The number of rotatable bonds is 12. The van der Waals surface area contributed by atoms with Crippen LogP contribution in [0.5, 0.6) is 0 Å². The minimum Gasteiger partial charge on any atom is -0.352 e. The molecule has 0 heterocycles. The van der Waals surface area contributed by atoms with Gasteiger partial charge in [-0.05, 0) is 79.6 Å². The van der Waals surface area contributed by atoms with Crippen molar-refractivity contribution >= 4 is 62.3 Å². The first-order chi connectivity index (χ1) is 20.9. The summed E-state index contributed by atoms with van der Waals surface area (Å²) in [6.07, 6.45) is 0.208. The van der Waals surface area contributed by atoms with Gasteiger partial charge in [0, 0.05) is 34.1 Å². The molecule has 230 valence electrons. The number of hydrogen-bond donors (Lipinski definition) is 1. The molecule has 11 heteroatoms. The van der Waals surface area contributed by atoms with E-state index < -0.39 is 28.5 Å². The number of amides is 2. The van der Waals surface area contributed by atoms with Gasteiger partial charge in [0.05, 0.1) is 10.6 Å². The van der Waals surface area contributed by atoms with Gasteiger partial charge in [0.25, 0.3) is 10.0 Å². The standard InChI is InChI=1S/C33H32Cl3N3O4S/c1-23(2)37-33(41)31(19-24-7-4-3-5-8-24)38(21-25-11-13-26(34)14-12-25)32(40)22-39(29-10-6-9-28(36)20-29)44(42,43)30-17-15-27(35)16-18-30/h3-18,20,23,31H,19,21-22H2,1-2H3,(H,37,41). The number of carbonyl (C=O) groups is 2. The molecule has 0 aliphatic carbocycles. The average Bonchev–Trinajstić information content (AvgIpc) is 2.98. The Labute approximate surface area is 273 Å². The van der Waals surface area contributed by atoms with E-state index in [0.29, 0.717) is 20.6 Å². The van der Waals surface area contributed by atoms with Crippen molar-refractivity contribution in [3.05, 3.63) is 129 Å². The van der Waals surface area contributed by atoms with Gasteiger partial charge in [-0.25, -0.2) is 8.42 Å². The second-order valence-corrected chi connectivity index (χ2v) is 13.6. The monoisotopic (exact) mass is 671 g/mol. The summed E-state index contributed by atoms with van der Waals surface area (Å²) in [4.78, 5) is 29.5. The van der Waals surface area contributed by atoms with E-state index >= 15 is 0 Å². The molecule has 44 heavy (non-hydrogen) atoms. The van der Waals surface area contributed by atoms with Gasteiger partial charge in [0.15, 0.2) is 0 Å². The van der Waals surface area contributed by atoms with Crippen LogP contribution in [-0.2, 0) is 32.6 Å². The van der Waals surface area contributed by atoms with Crippen LogP contribution in [-0.4, -0.2) is 43.8 Å². The van der Waals surface area contributed by atoms with Crippen LogP contribution in [0.25, 0.3) is 0 Å². The van der Waals surface area contributed by atoms with Crippen molar-refractivity contribution in [1.29, 1.82) is 0 Å². The number of benzene rings is 4. The molecule has 0 fully saturated rings. The Morgan fingerprint density at radius 1 is 0.750 bits per heavy atom. The Morgan fingerprint density at radius 3 is 1.95 bits per heavy atom. The van der Waals surface area contributed by atoms with Crippen LogP contribution in [0.4, 0.5) is 5.69 Å². The molecule has 2 amide bonds. The van der Waals surface area contributed by atoms with Crippen molar-refractivity contribution in [2.24, 2.45) is 0 Å². The van der Waals surface area contributed by atoms with E-state index in [1.807, 2.05) is 44.2 Å². The predicted molar refractivity (Wildman–Crippen MR) is 177 cm³/mol. The van der Waals surface area contributed by atoms with E-state index in [0.717, 1.165) is 9.87 Å². The highest BCUT2D eigenvalue weighted by Crippen LogP contribution is 2.28. The van der Waals surface area contributed by atoms with Gasteiger partial charge in [0.1, 0.15) is 12.6 Å². The molecule has 0 spiro atoms. The quantitative estimate of drug-likeness (QED) is 0.176. The Morgan fingerprint density at radius 2 is 1.36 bits per heavy atom. The number of halogens is 3. The summed E-state index contributed by atoms with van der Waals surface area (Å²) in [7, 11) is -4.27. The van der Waals surface area contributed by atoms with Crippen LogP contribution < -0.4 is 9.62 Å². The largest absolute Gasteiger partial charge is 0.352 e. The van der Waals surface area contributed by atoms with E-state index in [1.165, 1.54) is 35.2 Å². The summed E-state index contributed by atoms with van der Waals surface area (Å²) < 4.78 is 29.0. The number of sulfonamides is 1. The number of nitrogens with zero attached hydrogens (tertiary/aromatic N) is 2. The highest BCUT2D eigenvalue weighted by molar-refractivity contribution is 7.92. The van der Waals surface area contributed by atoms with Gasteiger partial charge in [-0.15, -0.1) is 0 Å². The lowest BCUT2D eigenvalue weighted by atomic mass is 10.0. The Hall–Kier alpha value is -3.56. The first-order valence-electron chi connectivity index (χ1n) is 13.9. The molecule has 0 aliphatic heterocycles. The van der Waals surface area contributed by atoms with E-state index in [1.54, 1.807) is 42.5 Å². The highest BCUT2D eigenvalue weighted by Gasteiger charge is 2.35. The van der Waals surface area contributed by atoms with Crippen LogP contribution in [0.3, 0.4) is 0 Å². The molecule has 1 unspecified atom stereocenters. The lowest BCUT2D eigenvalue weighted by molar-refractivity contribution is -0.140. The van der Waals surface area contributed by atoms with Crippen molar-refractivity contribution in [1.82, 2.24) is 10.2 Å². The molecule has 7 nitrogen and oxygen atoms in total. The maximum absolute atomic E-state index is 14.4. The topological polar surface area (TPSA) is 86.8 Å². The first-order valence-corrected chi connectivity index (χ1v) is 16.4. The first kappa shape index (κ1) is 33.3. The smallest absolute Gasteiger partial charge is 0.264 e. The van der Waals surface area contributed by atoms with Gasteiger partial charge < -0.3 is 10.2 Å². The maximum Gasteiger partial charge on any atom is 0.264 e. The van der Waals surface area contributed by atoms with Crippen molar-refractivity contribution in [2.45, 2.75) is 43.8 Å². The molecule has 0 radical (unpaired) electrons. The predicted octanol–water partition coefficient (Wildman–Crippen LogP) is 7.01. The van der Waals surface area contributed by atoms with E-state index in [2.05, 4.69) is 5.32 Å². The zero-order chi connectivity index (χ0) is 31.9. The fourth-order valence-electron chi connectivity index (χ4n) is 4.61. The molecule has 0 aliphatic rings. The van der Waals surface area contributed by atoms with Crippen LogP contribution in [0.1, 0.15) is 25.0 Å². The lowest BCUT2D eigenvalue weighted by Crippen LogP contribution is -2.54. The van der Waals surface area contributed by atoms with Crippen molar-refractivity contribution < 1.29 is 18.0 Å². The fourth-order valence-corrected chi connectivity index (χ4v) is 6.46. The summed E-state index contributed by atoms with van der Waals surface area (Å²) in [5, 5.41) is 4.11. The molecule has 4 rings (SSSR count). The summed E-state index contributed by atoms with van der Waals surface area (Å²) in [5.74, 6) is -0.946. The number of carbonyl (C=O) groups excluding carboxylic acids is 2. The minimum absolute atomic E-state index is 0.0311. The van der Waals surface area contributed by atoms with E-state index in [-0.39, 0.29) is 35.5 Å². The third-order valence-corrected chi connectivity index (χ3v) is 9.27. The van der Waals surface area contributed by atoms with Gasteiger partial charge in [0.2, 0.25) is 11.8 Å². The molecule has 1 N–H and O–H groups in total. The van der Waals surface area contributed by atoms with Crippen LogP contribution in [0, 0.1) is 0 Å². The van der Waals surface area contributed by atoms with Gasteiger partial charge in [-0.2, -0.15) is 0 Å². The molecule has 4 aromatic rings. The fraction of sp³-hybridized carbons (Fsp3) is 0.212. The van der Waals surface area contributed by atoms with Crippen LogP contribution >= 0.6 is 34.8 Å². The molecular weight excluding hydrogens is 641 g/mol. The molecule has 1 atom stereocenters. The van der Waals surface area contributed by atoms with Crippen molar-refractivity contribution in [3.63, 3.8) is 0 Å². The average molecular weight is 673 g/mol. The number of nitrogens with one attached hydrogen (secondary N) is 1. The Kier molecular flexibility index (Phi) is 11.3. The van der Waals surface area contributed by atoms with E-state index in [4.69, 9.17) is 34.8 Å². The van der Waals surface area contributed by atoms with E-state index in [9.17, 15) is 18.0 Å². The third-order valence-electron chi connectivity index (χ3n) is 6.74. The summed E-state index contributed by atoms with van der Waals surface area (Å²) >= 11 is 18.4. The summed E-state index contributed by atoms with van der Waals surface area (Å²) in [6, 6.07) is 27.0. The SMILES string of the molecule is CC(C)NC(=O)C(Cc1ccccc1)N(Cc1ccc(Cl)cc1)C(=O)CN(c1cccc(Cl)c1)S(=O)(=O)c1ccc(Cl)cc1. The highest BCUT2D eigenvalue weighted by atomic mass is 35.5. The zero-order valence-electron chi connectivity index (χ0n) is 24.2. The Balaban J connectivity index is 1.80. The summed E-state index contributed by atoms with van der Waals surface area (Å²) in [5.41, 5.74) is 1.75. The number of hydrogen-bond acceptors (Lipinski definition) is 4. The zero-order valence-corrected chi connectivity index (χ0v) is 27.2. The van der Waals surface area contributed by atoms with Crippen molar-refractivity contribution in [3.8, 4) is 0 Å². The number of anilines is 1. The third kappa shape index (κ3) is 8.76. The molecule has 0 saturated heterocycles. The minimum atomic E-state index is -4.27. The van der Waals surface area contributed by atoms with Crippen molar-refractivity contribution in [2.75, 3.05) is 10.8 Å². The molecular formula is C33H32Cl3N3O4S. The summed E-state index contributed by atoms with van der Waals surface area (Å²) in [6.45, 7) is 3.10. The molecule has 0 aromatic heterocycles. The molecule has 0 saturated carbocycles. The lowest BCUT2D eigenvalue weighted by Gasteiger charge is -2.34. The Bertz CT molecular complexity index is 1680. The maximum atomic E-state index is 14.4. The van der Waals surface area contributed by atoms with Crippen LogP contribution in [0.15, 0.2) is 108 Å². The molecule has 0 bridgehead atoms. The normalized spacial score (nSPS) is 12.0. The second-order valence-electron chi connectivity index (χ2n) is 10.5. The van der Waals surface area contributed by atoms with Gasteiger partial charge in [-0.3, -0.25) is 13.9 Å². The molecule has 4 aromatic carbocycles.